The maximum atomic E-state index is 13.9. The van der Waals surface area contributed by atoms with Crippen molar-refractivity contribution in [2.24, 2.45) is 0 Å². The lowest BCUT2D eigenvalue weighted by Crippen LogP contribution is -2.10. The molecule has 1 unspecified atom stereocenters. The first-order chi connectivity index (χ1) is 9.11. The van der Waals surface area contributed by atoms with E-state index in [1.165, 1.54) is 0 Å². The molecule has 0 bridgehead atoms. The van der Waals surface area contributed by atoms with Crippen LogP contribution in [0.3, 0.4) is 0 Å². The summed E-state index contributed by atoms with van der Waals surface area (Å²) in [5.74, 6) is -0.405. The summed E-state index contributed by atoms with van der Waals surface area (Å²) < 4.78 is 14.9. The van der Waals surface area contributed by atoms with Gasteiger partial charge in [-0.05, 0) is 36.2 Å². The van der Waals surface area contributed by atoms with Crippen molar-refractivity contribution in [1.82, 2.24) is 0 Å². The van der Waals surface area contributed by atoms with Gasteiger partial charge in [-0.15, -0.1) is 0 Å². The summed E-state index contributed by atoms with van der Waals surface area (Å²) >= 11 is 9.24. The second-order valence-electron chi connectivity index (χ2n) is 4.26. The van der Waals surface area contributed by atoms with Gasteiger partial charge in [-0.1, -0.05) is 52.7 Å². The fraction of sp³-hybridized carbons (Fsp3) is 0.200. The molecular formula is C15H14BrClFN. The fourth-order valence-corrected chi connectivity index (χ4v) is 2.54. The number of nitrogens with one attached hydrogen (secondary N) is 1. The van der Waals surface area contributed by atoms with Gasteiger partial charge in [-0.3, -0.25) is 0 Å². The van der Waals surface area contributed by atoms with Gasteiger partial charge in [0.2, 0.25) is 0 Å². The van der Waals surface area contributed by atoms with Crippen LogP contribution >= 0.6 is 27.5 Å². The van der Waals surface area contributed by atoms with Crippen LogP contribution in [-0.2, 0) is 0 Å². The van der Waals surface area contributed by atoms with Gasteiger partial charge in [-0.2, -0.15) is 0 Å². The summed E-state index contributed by atoms with van der Waals surface area (Å²) in [5, 5.41) is 3.33. The highest BCUT2D eigenvalue weighted by atomic mass is 79.9. The molecule has 0 spiro atoms. The Balaban J connectivity index is 2.26. The molecule has 0 fully saturated rings. The summed E-state index contributed by atoms with van der Waals surface area (Å²) in [5.41, 5.74) is 1.54. The summed E-state index contributed by atoms with van der Waals surface area (Å²) in [6.07, 6.45) is 0.850. The third-order valence-electron chi connectivity index (χ3n) is 2.94. The zero-order valence-corrected chi connectivity index (χ0v) is 12.8. The predicted molar refractivity (Wildman–Crippen MR) is 82.2 cm³/mol. The van der Waals surface area contributed by atoms with Crippen LogP contribution < -0.4 is 5.32 Å². The van der Waals surface area contributed by atoms with Gasteiger partial charge in [0.1, 0.15) is 0 Å². The molecule has 0 radical (unpaired) electrons. The molecule has 0 aliphatic heterocycles. The lowest BCUT2D eigenvalue weighted by atomic mass is 10.0. The fourth-order valence-electron chi connectivity index (χ4n) is 1.95. The molecule has 0 saturated heterocycles. The monoisotopic (exact) mass is 341 g/mol. The van der Waals surface area contributed by atoms with Crippen molar-refractivity contribution >= 4 is 33.2 Å². The van der Waals surface area contributed by atoms with Crippen molar-refractivity contribution in [1.29, 1.82) is 0 Å². The maximum absolute atomic E-state index is 13.9. The van der Waals surface area contributed by atoms with Gasteiger partial charge in [0.25, 0.3) is 0 Å². The highest BCUT2D eigenvalue weighted by Crippen LogP contribution is 2.28. The Labute approximate surface area is 125 Å². The predicted octanol–water partition coefficient (Wildman–Crippen LogP) is 5.80. The second-order valence-corrected chi connectivity index (χ2v) is 5.58. The Morgan fingerprint density at radius 2 is 2.00 bits per heavy atom. The van der Waals surface area contributed by atoms with E-state index in [9.17, 15) is 4.39 Å². The molecule has 1 N–H and O–H groups in total. The van der Waals surface area contributed by atoms with Gasteiger partial charge in [-0.25, -0.2) is 4.39 Å². The quantitative estimate of drug-likeness (QED) is 0.740. The third-order valence-corrected chi connectivity index (χ3v) is 3.73. The van der Waals surface area contributed by atoms with Gasteiger partial charge in [0.05, 0.1) is 16.8 Å². The molecule has 0 aliphatic carbocycles. The Morgan fingerprint density at radius 3 is 2.68 bits per heavy atom. The molecular weight excluding hydrogens is 329 g/mol. The van der Waals surface area contributed by atoms with Crippen LogP contribution in [0.1, 0.15) is 24.9 Å². The summed E-state index contributed by atoms with van der Waals surface area (Å²) in [7, 11) is 0. The van der Waals surface area contributed by atoms with Gasteiger partial charge in [0.15, 0.2) is 5.82 Å². The first-order valence-electron chi connectivity index (χ1n) is 6.08. The first kappa shape index (κ1) is 14.4. The minimum Gasteiger partial charge on any atom is -0.376 e. The molecule has 2 rings (SSSR count). The van der Waals surface area contributed by atoms with E-state index in [0.717, 1.165) is 16.5 Å². The van der Waals surface area contributed by atoms with E-state index in [1.54, 1.807) is 18.2 Å². The molecule has 100 valence electrons. The van der Waals surface area contributed by atoms with Crippen molar-refractivity contribution in [3.05, 3.63) is 63.3 Å². The molecule has 0 aromatic heterocycles. The van der Waals surface area contributed by atoms with E-state index in [2.05, 4.69) is 28.2 Å². The minimum atomic E-state index is -0.405. The van der Waals surface area contributed by atoms with Crippen molar-refractivity contribution in [2.45, 2.75) is 19.4 Å². The van der Waals surface area contributed by atoms with E-state index in [4.69, 9.17) is 11.6 Å². The number of rotatable bonds is 4. The zero-order valence-electron chi connectivity index (χ0n) is 10.5. The molecule has 2 aromatic rings. The Hall–Kier alpha value is -1.06. The van der Waals surface area contributed by atoms with Crippen LogP contribution in [0.25, 0.3) is 0 Å². The number of anilines is 1. The van der Waals surface area contributed by atoms with Crippen molar-refractivity contribution in [3.8, 4) is 0 Å². The van der Waals surface area contributed by atoms with Crippen molar-refractivity contribution in [3.63, 3.8) is 0 Å². The molecule has 0 amide bonds. The van der Waals surface area contributed by atoms with Crippen LogP contribution in [0, 0.1) is 5.82 Å². The van der Waals surface area contributed by atoms with Crippen LogP contribution in [0.2, 0.25) is 5.02 Å². The molecule has 1 nitrogen and oxygen atoms in total. The van der Waals surface area contributed by atoms with Gasteiger partial charge >= 0.3 is 0 Å². The summed E-state index contributed by atoms with van der Waals surface area (Å²) in [4.78, 5) is 0. The molecule has 0 aliphatic rings. The highest BCUT2D eigenvalue weighted by molar-refractivity contribution is 9.10. The van der Waals surface area contributed by atoms with E-state index in [0.29, 0.717) is 5.69 Å². The van der Waals surface area contributed by atoms with Crippen LogP contribution in [0.15, 0.2) is 46.9 Å². The highest BCUT2D eigenvalue weighted by Gasteiger charge is 2.13. The Bertz CT molecular complexity index is 574. The van der Waals surface area contributed by atoms with Crippen LogP contribution in [-0.4, -0.2) is 0 Å². The second kappa shape index (κ2) is 6.40. The Kier molecular flexibility index (Phi) is 4.83. The smallest absolute Gasteiger partial charge is 0.164 e. The van der Waals surface area contributed by atoms with Crippen molar-refractivity contribution in [2.75, 3.05) is 5.32 Å². The zero-order chi connectivity index (χ0) is 13.8. The molecule has 2 aromatic carbocycles. The van der Waals surface area contributed by atoms with Gasteiger partial charge in [0, 0.05) is 4.47 Å². The lowest BCUT2D eigenvalue weighted by molar-refractivity contribution is 0.624. The third kappa shape index (κ3) is 3.48. The number of hydrogen-bond acceptors (Lipinski definition) is 1. The Morgan fingerprint density at radius 1 is 1.26 bits per heavy atom. The van der Waals surface area contributed by atoms with E-state index in [1.807, 2.05) is 24.3 Å². The SMILES string of the molecule is CCC(Nc1cccc(Cl)c1F)c1cccc(Br)c1. The van der Waals surface area contributed by atoms with E-state index < -0.39 is 5.82 Å². The normalized spacial score (nSPS) is 12.2. The van der Waals surface area contributed by atoms with E-state index >= 15 is 0 Å². The minimum absolute atomic E-state index is 0.0467. The largest absolute Gasteiger partial charge is 0.376 e. The van der Waals surface area contributed by atoms with Crippen molar-refractivity contribution < 1.29 is 4.39 Å². The molecule has 0 saturated carbocycles. The maximum Gasteiger partial charge on any atom is 0.164 e. The average Bonchev–Trinajstić information content (AvgIpc) is 2.40. The van der Waals surface area contributed by atoms with Gasteiger partial charge < -0.3 is 5.32 Å². The molecule has 0 heterocycles. The first-order valence-corrected chi connectivity index (χ1v) is 7.25. The molecule has 4 heteroatoms. The number of halogens is 3. The summed E-state index contributed by atoms with van der Waals surface area (Å²) in [6.45, 7) is 2.06. The van der Waals surface area contributed by atoms with Crippen LogP contribution in [0.5, 0.6) is 0 Å². The lowest BCUT2D eigenvalue weighted by Gasteiger charge is -2.19. The number of benzene rings is 2. The molecule has 1 atom stereocenters. The standard InChI is InChI=1S/C15H14BrClFN/c1-2-13(10-5-3-6-11(16)9-10)19-14-8-4-7-12(17)15(14)18/h3-9,13,19H,2H2,1H3. The average molecular weight is 343 g/mol. The number of hydrogen-bond donors (Lipinski definition) is 1. The molecule has 19 heavy (non-hydrogen) atoms. The summed E-state index contributed by atoms with van der Waals surface area (Å²) in [6, 6.07) is 13.0. The van der Waals surface area contributed by atoms with E-state index in [-0.39, 0.29) is 11.1 Å². The topological polar surface area (TPSA) is 12.0 Å². The van der Waals surface area contributed by atoms with Crippen LogP contribution in [0.4, 0.5) is 10.1 Å².